The van der Waals surface area contributed by atoms with Gasteiger partial charge in [-0.2, -0.15) is 0 Å². The number of aromatic nitrogens is 1. The highest BCUT2D eigenvalue weighted by molar-refractivity contribution is 7.22. The monoisotopic (exact) mass is 449 g/mol. The van der Waals surface area contributed by atoms with Crippen LogP contribution < -0.4 is 4.90 Å². The molecule has 0 atom stereocenters. The van der Waals surface area contributed by atoms with E-state index in [4.69, 9.17) is 16.6 Å². The predicted molar refractivity (Wildman–Crippen MR) is 131 cm³/mol. The second kappa shape index (κ2) is 9.60. The van der Waals surface area contributed by atoms with Gasteiger partial charge in [0.15, 0.2) is 5.13 Å². The summed E-state index contributed by atoms with van der Waals surface area (Å²) in [5.74, 6) is -0.0433. The van der Waals surface area contributed by atoms with Crippen LogP contribution in [0.1, 0.15) is 21.5 Å². The van der Waals surface area contributed by atoms with Crippen LogP contribution in [0.3, 0.4) is 0 Å². The Hall–Kier alpha value is -2.73. The second-order valence-corrected chi connectivity index (χ2v) is 9.17. The largest absolute Gasteiger partial charge is 0.308 e. The normalized spacial score (nSPS) is 11.2. The Bertz CT molecular complexity index is 1170. The molecule has 0 aliphatic carbocycles. The maximum absolute atomic E-state index is 13.4. The minimum Gasteiger partial charge on any atom is -0.308 e. The summed E-state index contributed by atoms with van der Waals surface area (Å²) in [7, 11) is 4.00. The Morgan fingerprint density at radius 3 is 2.35 bits per heavy atom. The van der Waals surface area contributed by atoms with Crippen molar-refractivity contribution in [1.82, 2.24) is 9.88 Å². The number of hydrogen-bond acceptors (Lipinski definition) is 4. The van der Waals surface area contributed by atoms with Crippen LogP contribution >= 0.6 is 22.9 Å². The lowest BCUT2D eigenvalue weighted by Crippen LogP contribution is -2.36. The van der Waals surface area contributed by atoms with Crippen LogP contribution in [0.25, 0.3) is 10.2 Å². The van der Waals surface area contributed by atoms with Gasteiger partial charge in [0.1, 0.15) is 0 Å². The van der Waals surface area contributed by atoms with Crippen molar-refractivity contribution in [2.45, 2.75) is 6.42 Å². The van der Waals surface area contributed by atoms with E-state index in [-0.39, 0.29) is 5.91 Å². The highest BCUT2D eigenvalue weighted by Gasteiger charge is 2.21. The molecule has 0 radical (unpaired) electrons. The van der Waals surface area contributed by atoms with E-state index in [9.17, 15) is 4.79 Å². The minimum atomic E-state index is -0.0433. The highest BCUT2D eigenvalue weighted by Crippen LogP contribution is 2.31. The number of likely N-dealkylation sites (N-methyl/N-ethyl adjacent to an activating group) is 1. The molecule has 1 heterocycles. The first-order chi connectivity index (χ1) is 15.0. The highest BCUT2D eigenvalue weighted by atomic mass is 35.5. The number of amides is 1. The van der Waals surface area contributed by atoms with Gasteiger partial charge in [0, 0.05) is 23.7 Å². The van der Waals surface area contributed by atoms with E-state index >= 15 is 0 Å². The number of carbonyl (C=O) groups excluding carboxylic acids is 1. The van der Waals surface area contributed by atoms with E-state index in [1.165, 1.54) is 22.5 Å². The van der Waals surface area contributed by atoms with E-state index < -0.39 is 0 Å². The van der Waals surface area contributed by atoms with Crippen LogP contribution in [-0.4, -0.2) is 43.0 Å². The average Bonchev–Trinajstić information content (AvgIpc) is 3.17. The molecule has 0 aliphatic heterocycles. The van der Waals surface area contributed by atoms with Crippen molar-refractivity contribution in [2.24, 2.45) is 0 Å². The molecule has 6 heteroatoms. The minimum absolute atomic E-state index is 0.0433. The molecule has 0 N–H and O–H groups in total. The van der Waals surface area contributed by atoms with E-state index in [1.807, 2.05) is 74.8 Å². The van der Waals surface area contributed by atoms with Crippen molar-refractivity contribution >= 4 is 44.2 Å². The first kappa shape index (κ1) is 21.5. The molecule has 0 bridgehead atoms. The summed E-state index contributed by atoms with van der Waals surface area (Å²) >= 11 is 7.62. The quantitative estimate of drug-likeness (QED) is 0.360. The van der Waals surface area contributed by atoms with Crippen LogP contribution in [-0.2, 0) is 6.42 Å². The summed E-state index contributed by atoms with van der Waals surface area (Å²) < 4.78 is 0.975. The van der Waals surface area contributed by atoms with Gasteiger partial charge in [-0.25, -0.2) is 4.98 Å². The Labute approximate surface area is 191 Å². The number of hydrogen-bond donors (Lipinski definition) is 0. The molecule has 3 aromatic carbocycles. The lowest BCUT2D eigenvalue weighted by Gasteiger charge is -2.22. The second-order valence-electron chi connectivity index (χ2n) is 7.73. The van der Waals surface area contributed by atoms with Crippen LogP contribution in [0, 0.1) is 0 Å². The molecule has 158 valence electrons. The number of carbonyl (C=O) groups is 1. The lowest BCUT2D eigenvalue weighted by molar-refractivity contribution is 0.0985. The fraction of sp³-hybridized carbons (Fsp3) is 0.200. The summed E-state index contributed by atoms with van der Waals surface area (Å²) in [4.78, 5) is 21.9. The third kappa shape index (κ3) is 5.31. The number of thiazole rings is 1. The molecule has 0 aliphatic rings. The maximum atomic E-state index is 13.4. The van der Waals surface area contributed by atoms with Gasteiger partial charge in [0.2, 0.25) is 0 Å². The van der Waals surface area contributed by atoms with Gasteiger partial charge >= 0.3 is 0 Å². The molecule has 0 spiro atoms. The summed E-state index contributed by atoms with van der Waals surface area (Å²) in [6, 6.07) is 23.8. The summed E-state index contributed by atoms with van der Waals surface area (Å²) in [6.07, 6.45) is 0.846. The molecule has 4 nitrogen and oxygen atoms in total. The molecule has 0 fully saturated rings. The molecule has 4 rings (SSSR count). The Kier molecular flexibility index (Phi) is 6.66. The molecule has 0 saturated carbocycles. The molecule has 4 aromatic rings. The van der Waals surface area contributed by atoms with Crippen LogP contribution in [0.4, 0.5) is 5.13 Å². The molecular formula is C25H24ClN3OS. The van der Waals surface area contributed by atoms with E-state index in [0.29, 0.717) is 22.3 Å². The fourth-order valence-electron chi connectivity index (χ4n) is 3.34. The number of nitrogens with zero attached hydrogens (tertiary/aromatic N) is 3. The molecule has 1 aromatic heterocycles. The van der Waals surface area contributed by atoms with Gasteiger partial charge in [-0.1, -0.05) is 65.4 Å². The SMILES string of the molecule is CN(C)CCN(C(=O)c1ccc(Cc2ccccc2)cc1)c1nc2ccc(Cl)cc2s1. The Morgan fingerprint density at radius 1 is 0.935 bits per heavy atom. The zero-order chi connectivity index (χ0) is 21.8. The standard InChI is InChI=1S/C25H24ClN3OS/c1-28(2)14-15-29(25-27-22-13-12-21(26)17-23(22)31-25)24(30)20-10-8-19(9-11-20)16-18-6-4-3-5-7-18/h3-13,17H,14-16H2,1-2H3. The molecule has 1 amide bonds. The van der Waals surface area contributed by atoms with Gasteiger partial charge < -0.3 is 4.90 Å². The van der Waals surface area contributed by atoms with Gasteiger partial charge in [0.25, 0.3) is 5.91 Å². The van der Waals surface area contributed by atoms with E-state index in [2.05, 4.69) is 17.0 Å². The zero-order valence-electron chi connectivity index (χ0n) is 17.6. The number of anilines is 1. The third-order valence-electron chi connectivity index (χ3n) is 5.04. The van der Waals surface area contributed by atoms with Gasteiger partial charge in [-0.15, -0.1) is 0 Å². The first-order valence-corrected chi connectivity index (χ1v) is 11.3. The number of benzene rings is 3. The smallest absolute Gasteiger partial charge is 0.260 e. The van der Waals surface area contributed by atoms with Crippen LogP contribution in [0.15, 0.2) is 72.8 Å². The maximum Gasteiger partial charge on any atom is 0.260 e. The van der Waals surface area contributed by atoms with Crippen LogP contribution in [0.2, 0.25) is 5.02 Å². The zero-order valence-corrected chi connectivity index (χ0v) is 19.2. The van der Waals surface area contributed by atoms with Crippen molar-refractivity contribution in [3.05, 3.63) is 94.5 Å². The Balaban J connectivity index is 1.59. The van der Waals surface area contributed by atoms with Crippen molar-refractivity contribution in [1.29, 1.82) is 0 Å². The number of fused-ring (bicyclic) bond motifs is 1. The third-order valence-corrected chi connectivity index (χ3v) is 6.31. The van der Waals surface area contributed by atoms with Gasteiger partial charge in [-0.05, 0) is 62.0 Å². The van der Waals surface area contributed by atoms with Gasteiger partial charge in [0.05, 0.1) is 10.2 Å². The molecule has 0 saturated heterocycles. The van der Waals surface area contributed by atoms with E-state index in [0.717, 1.165) is 23.2 Å². The molecule has 0 unspecified atom stereocenters. The van der Waals surface area contributed by atoms with Crippen molar-refractivity contribution in [3.8, 4) is 0 Å². The van der Waals surface area contributed by atoms with Crippen molar-refractivity contribution in [2.75, 3.05) is 32.1 Å². The summed E-state index contributed by atoms with van der Waals surface area (Å²) in [6.45, 7) is 1.31. The summed E-state index contributed by atoms with van der Waals surface area (Å²) in [5.41, 5.74) is 3.94. The van der Waals surface area contributed by atoms with Crippen molar-refractivity contribution < 1.29 is 4.79 Å². The summed E-state index contributed by atoms with van der Waals surface area (Å²) in [5, 5.41) is 1.36. The molecular weight excluding hydrogens is 426 g/mol. The van der Waals surface area contributed by atoms with E-state index in [1.54, 1.807) is 4.90 Å². The average molecular weight is 450 g/mol. The Morgan fingerprint density at radius 2 is 1.65 bits per heavy atom. The van der Waals surface area contributed by atoms with Crippen LogP contribution in [0.5, 0.6) is 0 Å². The predicted octanol–water partition coefficient (Wildman–Crippen LogP) is 5.75. The topological polar surface area (TPSA) is 36.4 Å². The van der Waals surface area contributed by atoms with Gasteiger partial charge in [-0.3, -0.25) is 9.69 Å². The number of rotatable bonds is 7. The lowest BCUT2D eigenvalue weighted by atomic mass is 10.0. The fourth-order valence-corrected chi connectivity index (χ4v) is 4.60. The van der Waals surface area contributed by atoms with Crippen molar-refractivity contribution in [3.63, 3.8) is 0 Å². The molecule has 31 heavy (non-hydrogen) atoms. The number of halogens is 1. The first-order valence-electron chi connectivity index (χ1n) is 10.1.